The summed E-state index contributed by atoms with van der Waals surface area (Å²) in [6, 6.07) is 13.5. The number of benzene rings is 2. The third kappa shape index (κ3) is 4.34. The fraction of sp³-hybridized carbons (Fsp3) is 0.188. The Balaban J connectivity index is 2.05. The van der Waals surface area contributed by atoms with Gasteiger partial charge in [0.2, 0.25) is 0 Å². The summed E-state index contributed by atoms with van der Waals surface area (Å²) < 4.78 is 5.27. The summed E-state index contributed by atoms with van der Waals surface area (Å²) >= 11 is 11.3. The van der Waals surface area contributed by atoms with Gasteiger partial charge in [0.15, 0.2) is 5.11 Å². The number of ether oxygens (including phenoxy) is 1. The van der Waals surface area contributed by atoms with Gasteiger partial charge in [-0.05, 0) is 54.5 Å². The summed E-state index contributed by atoms with van der Waals surface area (Å²) in [6.45, 7) is 2.13. The number of halogens is 1. The summed E-state index contributed by atoms with van der Waals surface area (Å²) in [5.41, 5.74) is 2.95. The lowest BCUT2D eigenvalue weighted by Gasteiger charge is -2.14. The van der Waals surface area contributed by atoms with E-state index in [2.05, 4.69) is 29.7 Å². The van der Waals surface area contributed by atoms with Crippen molar-refractivity contribution >= 4 is 40.3 Å². The van der Waals surface area contributed by atoms with E-state index in [1.54, 1.807) is 25.3 Å². The highest BCUT2D eigenvalue weighted by molar-refractivity contribution is 7.80. The largest absolute Gasteiger partial charge is 0.495 e. The second kappa shape index (κ2) is 7.29. The zero-order chi connectivity index (χ0) is 15.2. The summed E-state index contributed by atoms with van der Waals surface area (Å²) in [5.74, 6) is 0.685. The number of anilines is 2. The van der Waals surface area contributed by atoms with Crippen LogP contribution in [-0.4, -0.2) is 12.2 Å². The SMILES string of the molecule is CCc1ccc(NC(=S)Nc2cc(Cl)ccc2OC)cc1. The fourth-order valence-electron chi connectivity index (χ4n) is 1.89. The second-order valence-electron chi connectivity index (χ2n) is 4.47. The Bertz CT molecular complexity index is 629. The van der Waals surface area contributed by atoms with Crippen LogP contribution in [0, 0.1) is 0 Å². The minimum absolute atomic E-state index is 0.486. The molecule has 0 aliphatic heterocycles. The fourth-order valence-corrected chi connectivity index (χ4v) is 2.29. The number of hydrogen-bond donors (Lipinski definition) is 2. The standard InChI is InChI=1S/C16H17ClN2OS/c1-3-11-4-7-13(8-5-11)18-16(21)19-14-10-12(17)6-9-15(14)20-2/h4-10H,3H2,1-2H3,(H2,18,19,21). The van der Waals surface area contributed by atoms with E-state index in [0.29, 0.717) is 15.9 Å². The average Bonchev–Trinajstić information content (AvgIpc) is 2.48. The van der Waals surface area contributed by atoms with Gasteiger partial charge in [-0.3, -0.25) is 0 Å². The predicted molar refractivity (Wildman–Crippen MR) is 93.7 cm³/mol. The van der Waals surface area contributed by atoms with Gasteiger partial charge in [-0.1, -0.05) is 30.7 Å². The molecule has 0 fully saturated rings. The molecule has 2 aromatic rings. The Morgan fingerprint density at radius 2 is 1.86 bits per heavy atom. The number of rotatable bonds is 4. The molecule has 0 aliphatic carbocycles. The first kappa shape index (κ1) is 15.6. The maximum atomic E-state index is 5.99. The van der Waals surface area contributed by atoms with Gasteiger partial charge in [0.25, 0.3) is 0 Å². The number of methoxy groups -OCH3 is 1. The van der Waals surface area contributed by atoms with Gasteiger partial charge in [0, 0.05) is 10.7 Å². The highest BCUT2D eigenvalue weighted by Crippen LogP contribution is 2.27. The molecule has 0 bridgehead atoms. The van der Waals surface area contributed by atoms with Crippen LogP contribution >= 0.6 is 23.8 Å². The van der Waals surface area contributed by atoms with Crippen molar-refractivity contribution in [1.29, 1.82) is 0 Å². The zero-order valence-corrected chi connectivity index (χ0v) is 13.5. The van der Waals surface area contributed by atoms with E-state index >= 15 is 0 Å². The van der Waals surface area contributed by atoms with Crippen molar-refractivity contribution in [2.45, 2.75) is 13.3 Å². The molecule has 0 spiro atoms. The number of nitrogens with one attached hydrogen (secondary N) is 2. The molecule has 5 heteroatoms. The van der Waals surface area contributed by atoms with Crippen molar-refractivity contribution < 1.29 is 4.74 Å². The van der Waals surface area contributed by atoms with Crippen molar-refractivity contribution in [3.05, 3.63) is 53.1 Å². The third-order valence-electron chi connectivity index (χ3n) is 3.03. The first-order valence-electron chi connectivity index (χ1n) is 6.63. The molecule has 0 unspecified atom stereocenters. The highest BCUT2D eigenvalue weighted by atomic mass is 35.5. The molecular formula is C16H17ClN2OS. The molecule has 0 aromatic heterocycles. The lowest BCUT2D eigenvalue weighted by molar-refractivity contribution is 0.417. The minimum Gasteiger partial charge on any atom is -0.495 e. The molecule has 0 amide bonds. The van der Waals surface area contributed by atoms with Crippen LogP contribution in [0.1, 0.15) is 12.5 Å². The smallest absolute Gasteiger partial charge is 0.175 e. The summed E-state index contributed by atoms with van der Waals surface area (Å²) in [6.07, 6.45) is 1.02. The zero-order valence-electron chi connectivity index (χ0n) is 11.9. The molecular weight excluding hydrogens is 304 g/mol. The second-order valence-corrected chi connectivity index (χ2v) is 5.32. The molecule has 0 radical (unpaired) electrons. The van der Waals surface area contributed by atoms with Crippen LogP contribution in [0.2, 0.25) is 5.02 Å². The summed E-state index contributed by atoms with van der Waals surface area (Å²) in [7, 11) is 1.61. The normalized spacial score (nSPS) is 10.0. The van der Waals surface area contributed by atoms with Gasteiger partial charge in [0.05, 0.1) is 12.8 Å². The first-order chi connectivity index (χ1) is 10.1. The van der Waals surface area contributed by atoms with Crippen molar-refractivity contribution in [1.82, 2.24) is 0 Å². The molecule has 3 nitrogen and oxygen atoms in total. The van der Waals surface area contributed by atoms with E-state index in [4.69, 9.17) is 28.6 Å². The van der Waals surface area contributed by atoms with Crippen molar-refractivity contribution in [2.75, 3.05) is 17.7 Å². The quantitative estimate of drug-likeness (QED) is 0.799. The molecule has 2 rings (SSSR count). The monoisotopic (exact) mass is 320 g/mol. The number of hydrogen-bond acceptors (Lipinski definition) is 2. The van der Waals surface area contributed by atoms with Crippen LogP contribution in [0.4, 0.5) is 11.4 Å². The van der Waals surface area contributed by atoms with Crippen molar-refractivity contribution in [2.24, 2.45) is 0 Å². The van der Waals surface area contributed by atoms with E-state index in [1.807, 2.05) is 12.1 Å². The topological polar surface area (TPSA) is 33.3 Å². The van der Waals surface area contributed by atoms with Gasteiger partial charge >= 0.3 is 0 Å². The highest BCUT2D eigenvalue weighted by Gasteiger charge is 2.06. The van der Waals surface area contributed by atoms with Crippen LogP contribution in [-0.2, 0) is 6.42 Å². The van der Waals surface area contributed by atoms with Crippen LogP contribution in [0.5, 0.6) is 5.75 Å². The lowest BCUT2D eigenvalue weighted by atomic mass is 10.1. The Labute approximate surface area is 135 Å². The van der Waals surface area contributed by atoms with Gasteiger partial charge in [-0.2, -0.15) is 0 Å². The Morgan fingerprint density at radius 3 is 2.48 bits per heavy atom. The molecule has 0 saturated heterocycles. The van der Waals surface area contributed by atoms with Gasteiger partial charge in [-0.25, -0.2) is 0 Å². The first-order valence-corrected chi connectivity index (χ1v) is 7.41. The van der Waals surface area contributed by atoms with Crippen LogP contribution < -0.4 is 15.4 Å². The Kier molecular flexibility index (Phi) is 5.42. The van der Waals surface area contributed by atoms with E-state index in [0.717, 1.165) is 17.8 Å². The van der Waals surface area contributed by atoms with Gasteiger partial charge in [-0.15, -0.1) is 0 Å². The molecule has 110 valence electrons. The minimum atomic E-state index is 0.486. The third-order valence-corrected chi connectivity index (χ3v) is 3.47. The van der Waals surface area contributed by atoms with Gasteiger partial charge < -0.3 is 15.4 Å². The number of thiocarbonyl (C=S) groups is 1. The van der Waals surface area contributed by atoms with Crippen LogP contribution in [0.25, 0.3) is 0 Å². The van der Waals surface area contributed by atoms with E-state index < -0.39 is 0 Å². The average molecular weight is 321 g/mol. The Hall–Kier alpha value is -1.78. The summed E-state index contributed by atoms with van der Waals surface area (Å²) in [5, 5.41) is 7.33. The maximum absolute atomic E-state index is 5.99. The molecule has 21 heavy (non-hydrogen) atoms. The predicted octanol–water partition coefficient (Wildman–Crippen LogP) is 4.72. The van der Waals surface area contributed by atoms with Crippen LogP contribution in [0.3, 0.4) is 0 Å². The molecule has 0 saturated carbocycles. The molecule has 0 atom stereocenters. The molecule has 0 aliphatic rings. The van der Waals surface area contributed by atoms with Crippen LogP contribution in [0.15, 0.2) is 42.5 Å². The van der Waals surface area contributed by atoms with Gasteiger partial charge in [0.1, 0.15) is 5.75 Å². The van der Waals surface area contributed by atoms with E-state index in [-0.39, 0.29) is 0 Å². The van der Waals surface area contributed by atoms with Crippen molar-refractivity contribution in [3.63, 3.8) is 0 Å². The van der Waals surface area contributed by atoms with Crippen molar-refractivity contribution in [3.8, 4) is 5.75 Å². The lowest BCUT2D eigenvalue weighted by Crippen LogP contribution is -2.19. The van der Waals surface area contributed by atoms with E-state index in [1.165, 1.54) is 5.56 Å². The molecule has 2 aromatic carbocycles. The van der Waals surface area contributed by atoms with E-state index in [9.17, 15) is 0 Å². The molecule has 2 N–H and O–H groups in total. The Morgan fingerprint density at radius 1 is 1.14 bits per heavy atom. The summed E-state index contributed by atoms with van der Waals surface area (Å²) in [4.78, 5) is 0. The molecule has 0 heterocycles. The number of aryl methyl sites for hydroxylation is 1. The maximum Gasteiger partial charge on any atom is 0.175 e.